The molecule has 6 heteroatoms. The Hall–Kier alpha value is -2.08. The molecule has 2 amide bonds. The highest BCUT2D eigenvalue weighted by molar-refractivity contribution is 5.95. The third-order valence-electron chi connectivity index (χ3n) is 5.42. The molecule has 0 aliphatic carbocycles. The molecule has 1 aromatic carbocycles. The molecule has 1 aromatic rings. The molecular weight excluding hydrogens is 328 g/mol. The standard InChI is InChI=1S/C20H30N4O2/c1-3-22-10-12-23(13-11-22)17-7-8-18(16(2)14-17)21-19(25)15-24-9-5-4-6-20(24)26/h7-8,14H,3-6,9-13,15H2,1-2H3,(H,21,25). The van der Waals surface area contributed by atoms with E-state index in [0.717, 1.165) is 56.8 Å². The number of rotatable bonds is 5. The van der Waals surface area contributed by atoms with Crippen LogP contribution in [0.4, 0.5) is 11.4 Å². The molecule has 0 saturated carbocycles. The quantitative estimate of drug-likeness (QED) is 0.876. The average molecular weight is 358 g/mol. The van der Waals surface area contributed by atoms with Crippen molar-refractivity contribution in [2.24, 2.45) is 0 Å². The maximum absolute atomic E-state index is 12.3. The van der Waals surface area contributed by atoms with Crippen molar-refractivity contribution in [2.75, 3.05) is 56.0 Å². The van der Waals surface area contributed by atoms with Gasteiger partial charge in [-0.3, -0.25) is 9.59 Å². The van der Waals surface area contributed by atoms with Crippen molar-refractivity contribution in [2.45, 2.75) is 33.1 Å². The van der Waals surface area contributed by atoms with E-state index in [1.54, 1.807) is 4.90 Å². The van der Waals surface area contributed by atoms with E-state index >= 15 is 0 Å². The first-order valence-electron chi connectivity index (χ1n) is 9.72. The second-order valence-corrected chi connectivity index (χ2v) is 7.24. The topological polar surface area (TPSA) is 55.9 Å². The fourth-order valence-electron chi connectivity index (χ4n) is 3.70. The molecule has 2 saturated heterocycles. The fraction of sp³-hybridized carbons (Fsp3) is 0.600. The zero-order valence-corrected chi connectivity index (χ0v) is 16.0. The van der Waals surface area contributed by atoms with Gasteiger partial charge in [-0.1, -0.05) is 6.92 Å². The molecule has 2 fully saturated rings. The zero-order valence-electron chi connectivity index (χ0n) is 16.0. The molecule has 3 rings (SSSR count). The maximum Gasteiger partial charge on any atom is 0.244 e. The highest BCUT2D eigenvalue weighted by Gasteiger charge is 2.21. The van der Waals surface area contributed by atoms with Crippen molar-refractivity contribution < 1.29 is 9.59 Å². The van der Waals surface area contributed by atoms with Crippen LogP contribution < -0.4 is 10.2 Å². The predicted octanol–water partition coefficient (Wildman–Crippen LogP) is 2.09. The molecule has 6 nitrogen and oxygen atoms in total. The summed E-state index contributed by atoms with van der Waals surface area (Å²) in [6, 6.07) is 6.20. The van der Waals surface area contributed by atoms with Crippen molar-refractivity contribution in [3.63, 3.8) is 0 Å². The molecule has 0 radical (unpaired) electrons. The minimum Gasteiger partial charge on any atom is -0.369 e. The van der Waals surface area contributed by atoms with Crippen LogP contribution in [0.25, 0.3) is 0 Å². The van der Waals surface area contributed by atoms with Crippen LogP contribution in [-0.4, -0.2) is 67.4 Å². The minimum atomic E-state index is -0.118. The zero-order chi connectivity index (χ0) is 18.5. The molecule has 0 aromatic heterocycles. The summed E-state index contributed by atoms with van der Waals surface area (Å²) < 4.78 is 0. The first-order chi connectivity index (χ1) is 12.6. The van der Waals surface area contributed by atoms with E-state index in [1.165, 1.54) is 5.69 Å². The summed E-state index contributed by atoms with van der Waals surface area (Å²) in [6.45, 7) is 10.4. The molecule has 0 bridgehead atoms. The molecule has 2 aliphatic rings. The number of benzene rings is 1. The van der Waals surface area contributed by atoms with E-state index in [0.29, 0.717) is 13.0 Å². The minimum absolute atomic E-state index is 0.0877. The van der Waals surface area contributed by atoms with Crippen LogP contribution in [0.3, 0.4) is 0 Å². The van der Waals surface area contributed by atoms with Gasteiger partial charge in [-0.2, -0.15) is 0 Å². The van der Waals surface area contributed by atoms with Gasteiger partial charge in [0.25, 0.3) is 0 Å². The average Bonchev–Trinajstić information content (AvgIpc) is 2.65. The van der Waals surface area contributed by atoms with Gasteiger partial charge in [0.05, 0.1) is 6.54 Å². The molecule has 26 heavy (non-hydrogen) atoms. The highest BCUT2D eigenvalue weighted by Crippen LogP contribution is 2.24. The Labute approximate surface area is 156 Å². The van der Waals surface area contributed by atoms with Crippen LogP contribution in [-0.2, 0) is 9.59 Å². The summed E-state index contributed by atoms with van der Waals surface area (Å²) in [5.41, 5.74) is 3.09. The second kappa shape index (κ2) is 8.54. The number of likely N-dealkylation sites (tertiary alicyclic amines) is 1. The summed E-state index contributed by atoms with van der Waals surface area (Å²) in [5, 5.41) is 2.96. The Bertz CT molecular complexity index is 653. The summed E-state index contributed by atoms with van der Waals surface area (Å²) in [5.74, 6) is -0.0302. The van der Waals surface area contributed by atoms with Crippen LogP contribution in [0.5, 0.6) is 0 Å². The molecule has 142 valence electrons. The first kappa shape index (κ1) is 18.7. The van der Waals surface area contributed by atoms with Crippen molar-refractivity contribution in [3.05, 3.63) is 23.8 Å². The SMILES string of the molecule is CCN1CCN(c2ccc(NC(=O)CN3CCCCC3=O)c(C)c2)CC1. The van der Waals surface area contributed by atoms with E-state index in [4.69, 9.17) is 0 Å². The van der Waals surface area contributed by atoms with E-state index < -0.39 is 0 Å². The number of hydrogen-bond donors (Lipinski definition) is 1. The Morgan fingerprint density at radius 2 is 1.88 bits per heavy atom. The predicted molar refractivity (Wildman–Crippen MR) is 105 cm³/mol. The second-order valence-electron chi connectivity index (χ2n) is 7.24. The number of nitrogens with zero attached hydrogens (tertiary/aromatic N) is 3. The Balaban J connectivity index is 1.57. The van der Waals surface area contributed by atoms with Gasteiger partial charge in [0.1, 0.15) is 0 Å². The van der Waals surface area contributed by atoms with Crippen molar-refractivity contribution in [1.29, 1.82) is 0 Å². The van der Waals surface area contributed by atoms with E-state index in [-0.39, 0.29) is 18.4 Å². The summed E-state index contributed by atoms with van der Waals surface area (Å²) in [6.07, 6.45) is 2.48. The smallest absolute Gasteiger partial charge is 0.244 e. The Morgan fingerprint density at radius 3 is 2.54 bits per heavy atom. The monoisotopic (exact) mass is 358 g/mol. The lowest BCUT2D eigenvalue weighted by molar-refractivity contribution is -0.136. The first-order valence-corrected chi connectivity index (χ1v) is 9.72. The molecule has 2 aliphatic heterocycles. The highest BCUT2D eigenvalue weighted by atomic mass is 16.2. The van der Waals surface area contributed by atoms with Gasteiger partial charge in [0, 0.05) is 50.5 Å². The van der Waals surface area contributed by atoms with Crippen LogP contribution in [0.15, 0.2) is 18.2 Å². The van der Waals surface area contributed by atoms with Gasteiger partial charge >= 0.3 is 0 Å². The van der Waals surface area contributed by atoms with Gasteiger partial charge in [-0.05, 0) is 50.1 Å². The van der Waals surface area contributed by atoms with Crippen LogP contribution in [0, 0.1) is 6.92 Å². The lowest BCUT2D eigenvalue weighted by atomic mass is 10.1. The summed E-state index contributed by atoms with van der Waals surface area (Å²) in [4.78, 5) is 30.7. The number of piperidine rings is 1. The molecular formula is C20H30N4O2. The van der Waals surface area contributed by atoms with Crippen LogP contribution in [0.2, 0.25) is 0 Å². The number of carbonyl (C=O) groups is 2. The van der Waals surface area contributed by atoms with E-state index in [1.807, 2.05) is 13.0 Å². The summed E-state index contributed by atoms with van der Waals surface area (Å²) >= 11 is 0. The van der Waals surface area contributed by atoms with E-state index in [9.17, 15) is 9.59 Å². The molecule has 2 heterocycles. The van der Waals surface area contributed by atoms with Gasteiger partial charge in [-0.25, -0.2) is 0 Å². The molecule has 0 unspecified atom stereocenters. The van der Waals surface area contributed by atoms with Gasteiger partial charge < -0.3 is 20.0 Å². The van der Waals surface area contributed by atoms with Gasteiger partial charge in [0.2, 0.25) is 11.8 Å². The number of hydrogen-bond acceptors (Lipinski definition) is 4. The lowest BCUT2D eigenvalue weighted by Gasteiger charge is -2.35. The van der Waals surface area contributed by atoms with Gasteiger partial charge in [-0.15, -0.1) is 0 Å². The number of aryl methyl sites for hydroxylation is 1. The van der Waals surface area contributed by atoms with Crippen LogP contribution in [0.1, 0.15) is 31.7 Å². The largest absolute Gasteiger partial charge is 0.369 e. The number of piperazine rings is 1. The maximum atomic E-state index is 12.3. The lowest BCUT2D eigenvalue weighted by Crippen LogP contribution is -2.46. The number of nitrogens with one attached hydrogen (secondary N) is 1. The van der Waals surface area contributed by atoms with Gasteiger partial charge in [0.15, 0.2) is 0 Å². The normalized spacial score (nSPS) is 18.9. The van der Waals surface area contributed by atoms with Crippen molar-refractivity contribution in [1.82, 2.24) is 9.80 Å². The third-order valence-corrected chi connectivity index (χ3v) is 5.42. The molecule has 0 spiro atoms. The third kappa shape index (κ3) is 4.55. The van der Waals surface area contributed by atoms with Crippen molar-refractivity contribution in [3.8, 4) is 0 Å². The van der Waals surface area contributed by atoms with Crippen molar-refractivity contribution >= 4 is 23.2 Å². The molecule has 0 atom stereocenters. The number of anilines is 2. The Morgan fingerprint density at radius 1 is 1.12 bits per heavy atom. The summed E-state index contributed by atoms with van der Waals surface area (Å²) in [7, 11) is 0. The fourth-order valence-corrected chi connectivity index (χ4v) is 3.70. The molecule has 1 N–H and O–H groups in total. The van der Waals surface area contributed by atoms with Crippen LogP contribution >= 0.6 is 0 Å². The van der Waals surface area contributed by atoms with E-state index in [2.05, 4.69) is 34.2 Å². The number of amides is 2. The Kier molecular flexibility index (Phi) is 6.14. The number of likely N-dealkylation sites (N-methyl/N-ethyl adjacent to an activating group) is 1. The number of carbonyl (C=O) groups excluding carboxylic acids is 2.